The van der Waals surface area contributed by atoms with Crippen LogP contribution in [0.15, 0.2) is 5.38 Å². The Balaban J connectivity index is 1.73. The molecule has 1 aliphatic heterocycles. The van der Waals surface area contributed by atoms with Gasteiger partial charge in [0.05, 0.1) is 25.3 Å². The molecule has 0 fully saturated rings. The lowest BCUT2D eigenvalue weighted by Gasteiger charge is -2.25. The number of halogens is 3. The van der Waals surface area contributed by atoms with Crippen molar-refractivity contribution >= 4 is 17.1 Å². The monoisotopic (exact) mass is 346 g/mol. The zero-order chi connectivity index (χ0) is 16.6. The van der Waals surface area contributed by atoms with Crippen LogP contribution < -0.4 is 5.73 Å². The minimum absolute atomic E-state index is 0.143. The first-order valence-corrected chi connectivity index (χ1v) is 7.65. The topological polar surface area (TPSA) is 89.9 Å². The van der Waals surface area contributed by atoms with Crippen LogP contribution in [0.1, 0.15) is 11.5 Å². The predicted octanol–water partition coefficient (Wildman–Crippen LogP) is 0.807. The Morgan fingerprint density at radius 2 is 2.13 bits per heavy atom. The zero-order valence-electron chi connectivity index (χ0n) is 11.9. The SMILES string of the molecule is NCc1csc(-c2nc3n(n2)CCN(CC(=O)C(F)(F)F)C3)n1. The van der Waals surface area contributed by atoms with Crippen LogP contribution in [0.5, 0.6) is 0 Å². The van der Waals surface area contributed by atoms with Gasteiger partial charge in [0.2, 0.25) is 11.6 Å². The van der Waals surface area contributed by atoms with E-state index in [1.54, 1.807) is 4.68 Å². The third kappa shape index (κ3) is 3.41. The minimum atomic E-state index is -4.81. The lowest BCUT2D eigenvalue weighted by molar-refractivity contribution is -0.172. The number of alkyl halides is 3. The molecule has 3 heterocycles. The maximum atomic E-state index is 12.3. The summed E-state index contributed by atoms with van der Waals surface area (Å²) in [6.45, 7) is 0.480. The molecule has 2 N–H and O–H groups in total. The van der Waals surface area contributed by atoms with E-state index in [4.69, 9.17) is 5.73 Å². The van der Waals surface area contributed by atoms with Crippen molar-refractivity contribution < 1.29 is 18.0 Å². The molecule has 0 saturated heterocycles. The van der Waals surface area contributed by atoms with Gasteiger partial charge in [0.15, 0.2) is 5.01 Å². The first kappa shape index (κ1) is 16.0. The molecule has 11 heteroatoms. The number of aromatic nitrogens is 4. The van der Waals surface area contributed by atoms with E-state index in [9.17, 15) is 18.0 Å². The highest BCUT2D eigenvalue weighted by molar-refractivity contribution is 7.13. The van der Waals surface area contributed by atoms with E-state index < -0.39 is 18.5 Å². The van der Waals surface area contributed by atoms with Gasteiger partial charge in [-0.2, -0.15) is 13.2 Å². The summed E-state index contributed by atoms with van der Waals surface area (Å²) in [6, 6.07) is 0. The van der Waals surface area contributed by atoms with Gasteiger partial charge in [0.1, 0.15) is 5.82 Å². The normalized spacial score (nSPS) is 15.7. The lowest BCUT2D eigenvalue weighted by Crippen LogP contribution is -2.41. The lowest BCUT2D eigenvalue weighted by atomic mass is 10.3. The summed E-state index contributed by atoms with van der Waals surface area (Å²) in [7, 11) is 0. The highest BCUT2D eigenvalue weighted by Crippen LogP contribution is 2.23. The number of Topliss-reactive ketones (excluding diaryl/α,β-unsaturated/α-hetero) is 1. The van der Waals surface area contributed by atoms with E-state index in [1.165, 1.54) is 16.2 Å². The van der Waals surface area contributed by atoms with Crippen LogP contribution in [0.4, 0.5) is 13.2 Å². The summed E-state index contributed by atoms with van der Waals surface area (Å²) < 4.78 is 38.6. The molecule has 124 valence electrons. The number of carbonyl (C=O) groups excluding carboxylic acids is 1. The average molecular weight is 346 g/mol. The second-order valence-electron chi connectivity index (χ2n) is 5.05. The maximum absolute atomic E-state index is 12.3. The number of thiazole rings is 1. The Morgan fingerprint density at radius 1 is 1.35 bits per heavy atom. The largest absolute Gasteiger partial charge is 0.451 e. The van der Waals surface area contributed by atoms with Crippen LogP contribution in [0.2, 0.25) is 0 Å². The third-order valence-corrected chi connectivity index (χ3v) is 4.26. The van der Waals surface area contributed by atoms with Crippen molar-refractivity contribution in [3.05, 3.63) is 16.9 Å². The van der Waals surface area contributed by atoms with Crippen molar-refractivity contribution in [2.45, 2.75) is 25.8 Å². The Bertz CT molecular complexity index is 725. The Hall–Kier alpha value is -1.85. The first-order valence-electron chi connectivity index (χ1n) is 6.78. The fourth-order valence-corrected chi connectivity index (χ4v) is 2.97. The Kier molecular flexibility index (Phi) is 4.17. The van der Waals surface area contributed by atoms with Crippen LogP contribution in [0.3, 0.4) is 0 Å². The smallest absolute Gasteiger partial charge is 0.325 e. The van der Waals surface area contributed by atoms with Crippen molar-refractivity contribution in [2.24, 2.45) is 5.73 Å². The Labute approximate surface area is 132 Å². The predicted molar refractivity (Wildman–Crippen MR) is 75.4 cm³/mol. The maximum Gasteiger partial charge on any atom is 0.451 e. The fourth-order valence-electron chi connectivity index (χ4n) is 2.21. The van der Waals surface area contributed by atoms with Crippen molar-refractivity contribution in [3.8, 4) is 10.8 Å². The van der Waals surface area contributed by atoms with E-state index in [2.05, 4.69) is 15.1 Å². The Morgan fingerprint density at radius 3 is 2.78 bits per heavy atom. The standard InChI is InChI=1S/C12H13F3N6OS/c13-12(14,15)8(22)4-20-1-2-21-9(5-20)18-10(19-21)11-17-7(3-16)6-23-11/h6H,1-5,16H2. The molecule has 23 heavy (non-hydrogen) atoms. The van der Waals surface area contributed by atoms with Gasteiger partial charge in [-0.1, -0.05) is 0 Å². The molecule has 0 bridgehead atoms. The van der Waals surface area contributed by atoms with Crippen molar-refractivity contribution in [2.75, 3.05) is 13.1 Å². The molecule has 0 amide bonds. The van der Waals surface area contributed by atoms with Gasteiger partial charge in [-0.25, -0.2) is 14.6 Å². The molecule has 3 rings (SSSR count). The van der Waals surface area contributed by atoms with E-state index in [0.717, 1.165) is 5.69 Å². The summed E-state index contributed by atoms with van der Waals surface area (Å²) in [5.41, 5.74) is 6.24. The highest BCUT2D eigenvalue weighted by atomic mass is 32.1. The second-order valence-corrected chi connectivity index (χ2v) is 5.91. The first-order chi connectivity index (χ1) is 10.9. The van der Waals surface area contributed by atoms with Crippen LogP contribution in [-0.2, 0) is 24.4 Å². The number of hydrogen-bond acceptors (Lipinski definition) is 7. The number of hydrogen-bond donors (Lipinski definition) is 1. The number of fused-ring (bicyclic) bond motifs is 1. The van der Waals surface area contributed by atoms with Gasteiger partial charge in [-0.05, 0) is 0 Å². The molecular weight excluding hydrogens is 333 g/mol. The third-order valence-electron chi connectivity index (χ3n) is 3.38. The van der Waals surface area contributed by atoms with Gasteiger partial charge < -0.3 is 5.73 Å². The van der Waals surface area contributed by atoms with Gasteiger partial charge in [-0.3, -0.25) is 9.69 Å². The number of rotatable bonds is 4. The molecule has 2 aromatic rings. The van der Waals surface area contributed by atoms with Crippen LogP contribution in [0, 0.1) is 0 Å². The minimum Gasteiger partial charge on any atom is -0.325 e. The summed E-state index contributed by atoms with van der Waals surface area (Å²) in [4.78, 5) is 21.1. The van der Waals surface area contributed by atoms with Gasteiger partial charge in [0.25, 0.3) is 0 Å². The molecule has 0 saturated carbocycles. The number of nitrogens with two attached hydrogens (primary N) is 1. The molecule has 0 atom stereocenters. The molecule has 0 spiro atoms. The summed E-state index contributed by atoms with van der Waals surface area (Å²) >= 11 is 1.36. The quantitative estimate of drug-likeness (QED) is 0.881. The van der Waals surface area contributed by atoms with E-state index in [-0.39, 0.29) is 6.54 Å². The van der Waals surface area contributed by atoms with E-state index in [0.29, 0.717) is 36.3 Å². The molecular formula is C12H13F3N6OS. The van der Waals surface area contributed by atoms with Crippen LogP contribution in [-0.4, -0.2) is 49.7 Å². The molecule has 7 nitrogen and oxygen atoms in total. The van der Waals surface area contributed by atoms with Crippen molar-refractivity contribution in [3.63, 3.8) is 0 Å². The molecule has 2 aromatic heterocycles. The van der Waals surface area contributed by atoms with Crippen molar-refractivity contribution in [1.29, 1.82) is 0 Å². The molecule has 1 aliphatic rings. The van der Waals surface area contributed by atoms with Gasteiger partial charge in [0, 0.05) is 18.5 Å². The fraction of sp³-hybridized carbons (Fsp3) is 0.500. The molecule has 0 aromatic carbocycles. The van der Waals surface area contributed by atoms with Crippen LogP contribution >= 0.6 is 11.3 Å². The molecule has 0 unspecified atom stereocenters. The summed E-state index contributed by atoms with van der Waals surface area (Å²) in [6.07, 6.45) is -4.81. The summed E-state index contributed by atoms with van der Waals surface area (Å²) in [5, 5.41) is 6.74. The molecule has 0 radical (unpaired) electrons. The van der Waals surface area contributed by atoms with Gasteiger partial charge >= 0.3 is 6.18 Å². The van der Waals surface area contributed by atoms with Gasteiger partial charge in [-0.15, -0.1) is 16.4 Å². The number of ketones is 1. The number of nitrogens with zero attached hydrogens (tertiary/aromatic N) is 5. The zero-order valence-corrected chi connectivity index (χ0v) is 12.7. The summed E-state index contributed by atoms with van der Waals surface area (Å²) in [5.74, 6) is -0.808. The van der Waals surface area contributed by atoms with E-state index in [1.807, 2.05) is 5.38 Å². The van der Waals surface area contributed by atoms with Crippen molar-refractivity contribution in [1.82, 2.24) is 24.6 Å². The average Bonchev–Trinajstić information content (AvgIpc) is 3.11. The number of carbonyl (C=O) groups is 1. The second kappa shape index (κ2) is 5.98. The van der Waals surface area contributed by atoms with E-state index >= 15 is 0 Å². The highest BCUT2D eigenvalue weighted by Gasteiger charge is 2.39. The molecule has 0 aliphatic carbocycles. The van der Waals surface area contributed by atoms with Crippen LogP contribution in [0.25, 0.3) is 10.8 Å².